The van der Waals surface area contributed by atoms with Gasteiger partial charge in [0, 0.05) is 12.6 Å². The minimum atomic E-state index is -0.665. The first-order valence-corrected chi connectivity index (χ1v) is 6.39. The highest BCUT2D eigenvalue weighted by Gasteiger charge is 2.25. The maximum atomic E-state index is 10.8. The molecule has 1 aromatic rings. The normalized spacial score (nSPS) is 23.8. The average molecular weight is 249 g/mol. The zero-order valence-electron chi connectivity index (χ0n) is 10.3. The maximum Gasteiger partial charge on any atom is 0.306 e. The molecular weight excluding hydrogens is 230 g/mol. The number of hydrogen-bond acceptors (Lipinski definition) is 3. The molecule has 1 aromatic carbocycles. The lowest BCUT2D eigenvalue weighted by atomic mass is 9.86. The molecule has 0 heterocycles. The number of carboxylic acid groups (broad SMARTS) is 1. The lowest BCUT2D eigenvalue weighted by Gasteiger charge is -2.27. The monoisotopic (exact) mass is 249 g/mol. The van der Waals surface area contributed by atoms with Gasteiger partial charge in [-0.3, -0.25) is 4.79 Å². The lowest BCUT2D eigenvalue weighted by molar-refractivity contribution is -0.142. The summed E-state index contributed by atoms with van der Waals surface area (Å²) in [7, 11) is 0. The molecule has 18 heavy (non-hydrogen) atoms. The first-order chi connectivity index (χ1) is 8.65. The summed E-state index contributed by atoms with van der Waals surface area (Å²) < 4.78 is 0. The zero-order valence-corrected chi connectivity index (χ0v) is 10.3. The van der Waals surface area contributed by atoms with Crippen LogP contribution < -0.4 is 5.32 Å². The first-order valence-electron chi connectivity index (χ1n) is 6.39. The van der Waals surface area contributed by atoms with Crippen molar-refractivity contribution in [1.82, 2.24) is 5.32 Å². The predicted octanol–water partition coefficient (Wildman–Crippen LogP) is 2.13. The fourth-order valence-corrected chi connectivity index (χ4v) is 2.47. The van der Waals surface area contributed by atoms with E-state index in [-0.39, 0.29) is 11.7 Å². The van der Waals surface area contributed by atoms with E-state index in [9.17, 15) is 9.90 Å². The zero-order chi connectivity index (χ0) is 13.0. The van der Waals surface area contributed by atoms with Crippen LogP contribution in [0.4, 0.5) is 0 Å². The molecule has 1 aliphatic rings. The fourth-order valence-electron chi connectivity index (χ4n) is 2.47. The summed E-state index contributed by atoms with van der Waals surface area (Å²) >= 11 is 0. The summed E-state index contributed by atoms with van der Waals surface area (Å²) in [6.45, 7) is 0.719. The molecule has 0 aliphatic heterocycles. The SMILES string of the molecule is O=C(O)C1CCC(NCc2cccc(O)c2)CC1. The Morgan fingerprint density at radius 1 is 1.28 bits per heavy atom. The number of rotatable bonds is 4. The van der Waals surface area contributed by atoms with E-state index >= 15 is 0 Å². The summed E-state index contributed by atoms with van der Waals surface area (Å²) in [6.07, 6.45) is 3.34. The summed E-state index contributed by atoms with van der Waals surface area (Å²) in [6, 6.07) is 7.59. The van der Waals surface area contributed by atoms with Gasteiger partial charge in [0.1, 0.15) is 5.75 Å². The van der Waals surface area contributed by atoms with Gasteiger partial charge in [0.15, 0.2) is 0 Å². The molecule has 1 aliphatic carbocycles. The lowest BCUT2D eigenvalue weighted by Crippen LogP contribution is -2.34. The molecule has 4 heteroatoms. The number of aromatic hydroxyl groups is 1. The molecule has 0 unspecified atom stereocenters. The second kappa shape index (κ2) is 5.87. The van der Waals surface area contributed by atoms with Crippen molar-refractivity contribution in [2.24, 2.45) is 5.92 Å². The van der Waals surface area contributed by atoms with E-state index in [1.165, 1.54) is 0 Å². The average Bonchev–Trinajstić information content (AvgIpc) is 2.37. The number of carbonyl (C=O) groups is 1. The van der Waals surface area contributed by atoms with E-state index in [1.807, 2.05) is 12.1 Å². The number of benzene rings is 1. The van der Waals surface area contributed by atoms with E-state index in [2.05, 4.69) is 5.32 Å². The van der Waals surface area contributed by atoms with Gasteiger partial charge in [0.25, 0.3) is 0 Å². The molecule has 0 aromatic heterocycles. The summed E-state index contributed by atoms with van der Waals surface area (Å²) in [4.78, 5) is 10.8. The van der Waals surface area contributed by atoms with Gasteiger partial charge in [-0.15, -0.1) is 0 Å². The van der Waals surface area contributed by atoms with Crippen molar-refractivity contribution in [3.05, 3.63) is 29.8 Å². The predicted molar refractivity (Wildman–Crippen MR) is 68.3 cm³/mol. The van der Waals surface area contributed by atoms with Crippen LogP contribution in [0.15, 0.2) is 24.3 Å². The van der Waals surface area contributed by atoms with Crippen LogP contribution in [0.25, 0.3) is 0 Å². The van der Waals surface area contributed by atoms with E-state index in [0.717, 1.165) is 37.8 Å². The second-order valence-corrected chi connectivity index (χ2v) is 4.94. The van der Waals surface area contributed by atoms with Crippen molar-refractivity contribution in [1.29, 1.82) is 0 Å². The fraction of sp³-hybridized carbons (Fsp3) is 0.500. The molecule has 3 N–H and O–H groups in total. The molecule has 0 bridgehead atoms. The first kappa shape index (κ1) is 12.9. The Hall–Kier alpha value is -1.55. The molecule has 0 saturated heterocycles. The van der Waals surface area contributed by atoms with Crippen molar-refractivity contribution in [2.75, 3.05) is 0 Å². The van der Waals surface area contributed by atoms with E-state index in [4.69, 9.17) is 5.11 Å². The summed E-state index contributed by atoms with van der Waals surface area (Å²) in [5.74, 6) is -0.547. The molecule has 1 fully saturated rings. The van der Waals surface area contributed by atoms with Gasteiger partial charge >= 0.3 is 5.97 Å². The van der Waals surface area contributed by atoms with E-state index in [0.29, 0.717) is 6.04 Å². The van der Waals surface area contributed by atoms with Crippen molar-refractivity contribution >= 4 is 5.97 Å². The smallest absolute Gasteiger partial charge is 0.306 e. The number of phenolic OH excluding ortho intramolecular Hbond substituents is 1. The third kappa shape index (κ3) is 3.47. The summed E-state index contributed by atoms with van der Waals surface area (Å²) in [5.41, 5.74) is 1.05. The van der Waals surface area contributed by atoms with Crippen molar-refractivity contribution < 1.29 is 15.0 Å². The van der Waals surface area contributed by atoms with Crippen LogP contribution in [-0.4, -0.2) is 22.2 Å². The van der Waals surface area contributed by atoms with E-state index < -0.39 is 5.97 Å². The number of phenols is 1. The molecule has 0 spiro atoms. The molecule has 0 amide bonds. The molecule has 0 radical (unpaired) electrons. The Kier molecular flexibility index (Phi) is 4.20. The molecular formula is C14H19NO3. The highest BCUT2D eigenvalue weighted by atomic mass is 16.4. The highest BCUT2D eigenvalue weighted by molar-refractivity contribution is 5.70. The molecule has 1 saturated carbocycles. The van der Waals surface area contributed by atoms with E-state index in [1.54, 1.807) is 12.1 Å². The number of carboxylic acids is 1. The summed E-state index contributed by atoms with van der Waals surface area (Å²) in [5, 5.41) is 21.7. The molecule has 98 valence electrons. The third-order valence-corrected chi connectivity index (χ3v) is 3.58. The Morgan fingerprint density at radius 3 is 2.61 bits per heavy atom. The Morgan fingerprint density at radius 2 is 2.00 bits per heavy atom. The largest absolute Gasteiger partial charge is 0.508 e. The van der Waals surface area contributed by atoms with Crippen LogP contribution in [0.1, 0.15) is 31.2 Å². The van der Waals surface area contributed by atoms with Gasteiger partial charge < -0.3 is 15.5 Å². The van der Waals surface area contributed by atoms with Crippen LogP contribution in [0.5, 0.6) is 5.75 Å². The second-order valence-electron chi connectivity index (χ2n) is 4.94. The van der Waals surface area contributed by atoms with Crippen LogP contribution in [0.3, 0.4) is 0 Å². The Labute approximate surface area is 107 Å². The van der Waals surface area contributed by atoms with Gasteiger partial charge in [-0.05, 0) is 43.4 Å². The molecule has 4 nitrogen and oxygen atoms in total. The van der Waals surface area contributed by atoms with Gasteiger partial charge in [-0.25, -0.2) is 0 Å². The van der Waals surface area contributed by atoms with Crippen LogP contribution >= 0.6 is 0 Å². The topological polar surface area (TPSA) is 69.6 Å². The van der Waals surface area contributed by atoms with Crippen LogP contribution in [0.2, 0.25) is 0 Å². The van der Waals surface area contributed by atoms with Gasteiger partial charge in [-0.2, -0.15) is 0 Å². The van der Waals surface area contributed by atoms with Crippen LogP contribution in [0, 0.1) is 5.92 Å². The number of nitrogens with one attached hydrogen (secondary N) is 1. The Balaban J connectivity index is 1.77. The van der Waals surface area contributed by atoms with Crippen LogP contribution in [-0.2, 0) is 11.3 Å². The Bertz CT molecular complexity index is 411. The quantitative estimate of drug-likeness (QED) is 0.764. The van der Waals surface area contributed by atoms with Gasteiger partial charge in [0.05, 0.1) is 5.92 Å². The number of hydrogen-bond donors (Lipinski definition) is 3. The molecule has 0 atom stereocenters. The van der Waals surface area contributed by atoms with Gasteiger partial charge in [0.2, 0.25) is 0 Å². The van der Waals surface area contributed by atoms with Crippen molar-refractivity contribution in [3.8, 4) is 5.75 Å². The minimum absolute atomic E-state index is 0.163. The number of aliphatic carboxylic acids is 1. The maximum absolute atomic E-state index is 10.8. The highest BCUT2D eigenvalue weighted by Crippen LogP contribution is 2.24. The van der Waals surface area contributed by atoms with Crippen molar-refractivity contribution in [2.45, 2.75) is 38.3 Å². The third-order valence-electron chi connectivity index (χ3n) is 3.58. The van der Waals surface area contributed by atoms with Crippen molar-refractivity contribution in [3.63, 3.8) is 0 Å². The minimum Gasteiger partial charge on any atom is -0.508 e. The van der Waals surface area contributed by atoms with Gasteiger partial charge in [-0.1, -0.05) is 12.1 Å². The standard InChI is InChI=1S/C14H19NO3/c16-13-3-1-2-10(8-13)9-15-12-6-4-11(5-7-12)14(17)18/h1-3,8,11-12,15-16H,4-7,9H2,(H,17,18). The molecule has 2 rings (SSSR count).